The standard InChI is InChI=1S/C18H20F3NO3S/c1-2-3-6-14(11-12-25-26(23,24)18(19,20)21)13-16-10-9-15-7-4-5-8-17(15)22-16/h4-5,7-12,14H,2-3,6,13H2,1H3. The molecular formula is C18H20F3NO3S. The van der Waals surface area contributed by atoms with Crippen molar-refractivity contribution in [2.75, 3.05) is 0 Å². The number of pyridine rings is 1. The average Bonchev–Trinajstić information content (AvgIpc) is 2.58. The number of hydrogen-bond donors (Lipinski definition) is 0. The number of hydrogen-bond acceptors (Lipinski definition) is 4. The average molecular weight is 387 g/mol. The highest BCUT2D eigenvalue weighted by Gasteiger charge is 2.47. The third-order valence-corrected chi connectivity index (χ3v) is 4.80. The van der Waals surface area contributed by atoms with Gasteiger partial charge in [0.1, 0.15) is 6.26 Å². The molecule has 0 aliphatic rings. The summed E-state index contributed by atoms with van der Waals surface area (Å²) < 4.78 is 62.7. The summed E-state index contributed by atoms with van der Waals surface area (Å²) in [6, 6.07) is 11.4. The molecule has 0 aliphatic heterocycles. The third kappa shape index (κ3) is 5.45. The predicted molar refractivity (Wildman–Crippen MR) is 93.7 cm³/mol. The summed E-state index contributed by atoms with van der Waals surface area (Å²) in [5, 5.41) is 0.997. The Morgan fingerprint density at radius 3 is 2.62 bits per heavy atom. The zero-order valence-corrected chi connectivity index (χ0v) is 15.1. The molecule has 1 aromatic carbocycles. The van der Waals surface area contributed by atoms with E-state index in [1.54, 1.807) is 0 Å². The van der Waals surface area contributed by atoms with Crippen molar-refractivity contribution in [2.24, 2.45) is 5.92 Å². The van der Waals surface area contributed by atoms with Gasteiger partial charge in [0.2, 0.25) is 0 Å². The smallest absolute Gasteiger partial charge is 0.384 e. The predicted octanol–water partition coefficient (Wildman–Crippen LogP) is 4.96. The van der Waals surface area contributed by atoms with Crippen molar-refractivity contribution < 1.29 is 25.8 Å². The highest BCUT2D eigenvalue weighted by atomic mass is 32.2. The van der Waals surface area contributed by atoms with Crippen LogP contribution in [0.3, 0.4) is 0 Å². The number of nitrogens with zero attached hydrogens (tertiary/aromatic N) is 1. The summed E-state index contributed by atoms with van der Waals surface area (Å²) in [6.45, 7) is 2.00. The number of fused-ring (bicyclic) bond motifs is 1. The lowest BCUT2D eigenvalue weighted by Gasteiger charge is -2.13. The first-order valence-electron chi connectivity index (χ1n) is 8.24. The maximum absolute atomic E-state index is 12.3. The molecule has 1 atom stereocenters. The quantitative estimate of drug-likeness (QED) is 0.365. The lowest BCUT2D eigenvalue weighted by atomic mass is 9.96. The molecule has 1 unspecified atom stereocenters. The largest absolute Gasteiger partial charge is 0.534 e. The molecule has 0 radical (unpaired) electrons. The second kappa shape index (κ2) is 8.53. The molecule has 0 saturated carbocycles. The third-order valence-electron chi connectivity index (χ3n) is 3.87. The molecule has 0 N–H and O–H groups in total. The summed E-state index contributed by atoms with van der Waals surface area (Å²) in [6.07, 6.45) is 4.92. The summed E-state index contributed by atoms with van der Waals surface area (Å²) in [4.78, 5) is 4.55. The Labute approximate surface area is 150 Å². The second-order valence-electron chi connectivity index (χ2n) is 5.93. The minimum atomic E-state index is -5.62. The molecule has 1 aromatic heterocycles. The topological polar surface area (TPSA) is 56.3 Å². The van der Waals surface area contributed by atoms with Crippen LogP contribution in [0.5, 0.6) is 0 Å². The van der Waals surface area contributed by atoms with Crippen LogP contribution in [-0.2, 0) is 20.7 Å². The van der Waals surface area contributed by atoms with Gasteiger partial charge in [-0.1, -0.05) is 44.0 Å². The summed E-state index contributed by atoms with van der Waals surface area (Å²) >= 11 is 0. The number of aromatic nitrogens is 1. The fourth-order valence-corrected chi connectivity index (χ4v) is 2.81. The molecule has 0 spiro atoms. The van der Waals surface area contributed by atoms with Crippen molar-refractivity contribution in [2.45, 2.75) is 38.1 Å². The maximum Gasteiger partial charge on any atom is 0.534 e. The molecule has 4 nitrogen and oxygen atoms in total. The molecule has 0 fully saturated rings. The monoisotopic (exact) mass is 387 g/mol. The van der Waals surface area contributed by atoms with Crippen LogP contribution in [0.1, 0.15) is 31.9 Å². The second-order valence-corrected chi connectivity index (χ2v) is 7.49. The van der Waals surface area contributed by atoms with E-state index in [2.05, 4.69) is 9.17 Å². The zero-order chi connectivity index (χ0) is 19.2. The first-order valence-corrected chi connectivity index (χ1v) is 9.64. The van der Waals surface area contributed by atoms with Gasteiger partial charge in [-0.25, -0.2) is 0 Å². The Hall–Kier alpha value is -2.09. The molecule has 0 bridgehead atoms. The van der Waals surface area contributed by atoms with Gasteiger partial charge in [-0.15, -0.1) is 0 Å². The maximum atomic E-state index is 12.3. The zero-order valence-electron chi connectivity index (χ0n) is 14.2. The van der Waals surface area contributed by atoms with Gasteiger partial charge in [-0.2, -0.15) is 21.6 Å². The fourth-order valence-electron chi connectivity index (χ4n) is 2.49. The van der Waals surface area contributed by atoms with Crippen molar-refractivity contribution in [3.05, 3.63) is 54.4 Å². The van der Waals surface area contributed by atoms with Crippen LogP contribution in [0.15, 0.2) is 48.7 Å². The number of para-hydroxylation sites is 1. The van der Waals surface area contributed by atoms with E-state index in [0.717, 1.165) is 29.4 Å². The van der Waals surface area contributed by atoms with E-state index in [1.165, 1.54) is 6.08 Å². The Balaban J connectivity index is 2.12. The number of halogens is 3. The highest BCUT2D eigenvalue weighted by molar-refractivity contribution is 7.87. The van der Waals surface area contributed by atoms with Crippen LogP contribution in [0.2, 0.25) is 0 Å². The van der Waals surface area contributed by atoms with Crippen LogP contribution in [-0.4, -0.2) is 18.9 Å². The van der Waals surface area contributed by atoms with Crippen LogP contribution >= 0.6 is 0 Å². The Kier molecular flexibility index (Phi) is 6.63. The van der Waals surface area contributed by atoms with Crippen LogP contribution in [0.25, 0.3) is 10.9 Å². The molecule has 2 rings (SSSR count). The van der Waals surface area contributed by atoms with Gasteiger partial charge in [-0.05, 0) is 37.0 Å². The number of rotatable bonds is 8. The van der Waals surface area contributed by atoms with Gasteiger partial charge < -0.3 is 4.18 Å². The first-order chi connectivity index (χ1) is 12.2. The SMILES string of the molecule is CCCCC(C=COS(=O)(=O)C(F)(F)F)Cc1ccc2ccccc2n1. The normalized spacial score (nSPS) is 14.0. The minimum absolute atomic E-state index is 0.174. The van der Waals surface area contributed by atoms with Crippen LogP contribution in [0, 0.1) is 5.92 Å². The molecule has 0 amide bonds. The van der Waals surface area contributed by atoms with E-state index >= 15 is 0 Å². The molecule has 0 aliphatic carbocycles. The van der Waals surface area contributed by atoms with E-state index < -0.39 is 15.6 Å². The number of alkyl halides is 3. The van der Waals surface area contributed by atoms with Crippen molar-refractivity contribution in [3.63, 3.8) is 0 Å². The molecule has 1 heterocycles. The van der Waals surface area contributed by atoms with E-state index in [9.17, 15) is 21.6 Å². The minimum Gasteiger partial charge on any atom is -0.384 e. The van der Waals surface area contributed by atoms with Crippen molar-refractivity contribution in [1.29, 1.82) is 0 Å². The van der Waals surface area contributed by atoms with Crippen molar-refractivity contribution in [1.82, 2.24) is 4.98 Å². The Morgan fingerprint density at radius 2 is 1.92 bits per heavy atom. The number of unbranched alkanes of at least 4 members (excludes halogenated alkanes) is 1. The molecule has 2 aromatic rings. The summed E-state index contributed by atoms with van der Waals surface area (Å²) in [5.41, 5.74) is -3.82. The van der Waals surface area contributed by atoms with Crippen LogP contribution in [0.4, 0.5) is 13.2 Å². The van der Waals surface area contributed by atoms with Crippen LogP contribution < -0.4 is 0 Å². The molecule has 0 saturated heterocycles. The lowest BCUT2D eigenvalue weighted by Crippen LogP contribution is -2.23. The van der Waals surface area contributed by atoms with E-state index in [4.69, 9.17) is 0 Å². The molecule has 142 valence electrons. The summed E-state index contributed by atoms with van der Waals surface area (Å²) in [5.74, 6) is -0.174. The fraction of sp³-hybridized carbons (Fsp3) is 0.389. The van der Waals surface area contributed by atoms with Gasteiger partial charge in [0, 0.05) is 11.1 Å². The molecule has 26 heavy (non-hydrogen) atoms. The molecular weight excluding hydrogens is 367 g/mol. The lowest BCUT2D eigenvalue weighted by molar-refractivity contribution is -0.0515. The number of benzene rings is 1. The van der Waals surface area contributed by atoms with Crippen molar-refractivity contribution >= 4 is 21.0 Å². The van der Waals surface area contributed by atoms with E-state index in [1.807, 2.05) is 43.3 Å². The molecule has 8 heteroatoms. The van der Waals surface area contributed by atoms with Crippen molar-refractivity contribution in [3.8, 4) is 0 Å². The van der Waals surface area contributed by atoms with E-state index in [-0.39, 0.29) is 5.92 Å². The van der Waals surface area contributed by atoms with E-state index in [0.29, 0.717) is 19.1 Å². The highest BCUT2D eigenvalue weighted by Crippen LogP contribution is 2.25. The Bertz CT molecular complexity index is 863. The first kappa shape index (κ1) is 20.2. The summed E-state index contributed by atoms with van der Waals surface area (Å²) in [7, 11) is -5.62. The number of allylic oxidation sites excluding steroid dienone is 1. The van der Waals surface area contributed by atoms with Gasteiger partial charge >= 0.3 is 15.6 Å². The van der Waals surface area contributed by atoms with Gasteiger partial charge in [0.15, 0.2) is 0 Å². The Morgan fingerprint density at radius 1 is 1.19 bits per heavy atom. The van der Waals surface area contributed by atoms with Gasteiger partial charge in [-0.3, -0.25) is 4.98 Å². The van der Waals surface area contributed by atoms with Gasteiger partial charge in [0.25, 0.3) is 0 Å². The van der Waals surface area contributed by atoms with Gasteiger partial charge in [0.05, 0.1) is 5.52 Å².